The van der Waals surface area contributed by atoms with E-state index in [2.05, 4.69) is 49.3 Å². The molecule has 0 bridgehead atoms. The summed E-state index contributed by atoms with van der Waals surface area (Å²) in [6.07, 6.45) is 2.46. The van der Waals surface area contributed by atoms with E-state index < -0.39 is 5.41 Å². The second-order valence-electron chi connectivity index (χ2n) is 5.94. The van der Waals surface area contributed by atoms with Crippen molar-refractivity contribution in [3.63, 3.8) is 0 Å². The molecular weight excluding hydrogens is 424 g/mol. The maximum Gasteiger partial charge on any atom is 0.248 e. The van der Waals surface area contributed by atoms with Gasteiger partial charge in [0.2, 0.25) is 5.91 Å². The maximum atomic E-state index is 12.3. The number of nitrogens with zero attached hydrogens (tertiary/aromatic N) is 1. The number of amides is 1. The van der Waals surface area contributed by atoms with Crippen molar-refractivity contribution in [1.29, 1.82) is 0 Å². The van der Waals surface area contributed by atoms with E-state index in [1.165, 1.54) is 0 Å². The van der Waals surface area contributed by atoms with Crippen LogP contribution in [0.4, 0.5) is 0 Å². The molecule has 126 valence electrons. The number of rotatable bonds is 7. The highest BCUT2D eigenvalue weighted by Gasteiger charge is 2.66. The summed E-state index contributed by atoms with van der Waals surface area (Å²) < 4.78 is 5.27. The lowest BCUT2D eigenvalue weighted by molar-refractivity contribution is -0.125. The van der Waals surface area contributed by atoms with Crippen LogP contribution in [-0.4, -0.2) is 21.5 Å². The minimum atomic E-state index is -0.465. The topological polar surface area (TPSA) is 50.7 Å². The normalized spacial score (nSPS) is 22.6. The van der Waals surface area contributed by atoms with E-state index in [1.807, 2.05) is 38.1 Å². The van der Waals surface area contributed by atoms with E-state index in [0.29, 0.717) is 6.61 Å². The number of benzene rings is 1. The number of carbonyl (C=O) groups is 1. The number of nitrogens with one attached hydrogen (secondary N) is 1. The van der Waals surface area contributed by atoms with Crippen molar-refractivity contribution < 1.29 is 9.53 Å². The summed E-state index contributed by atoms with van der Waals surface area (Å²) in [5.74, 6) is 0.768. The van der Waals surface area contributed by atoms with Gasteiger partial charge in [0.1, 0.15) is 5.75 Å². The van der Waals surface area contributed by atoms with Crippen molar-refractivity contribution in [2.24, 2.45) is 10.5 Å². The van der Waals surface area contributed by atoms with E-state index in [0.717, 1.165) is 36.3 Å². The Morgan fingerprint density at radius 2 is 1.91 bits per heavy atom. The third-order valence-corrected chi connectivity index (χ3v) is 6.36. The molecule has 0 heterocycles. The summed E-state index contributed by atoms with van der Waals surface area (Å²) >= 11 is 7.00. The third-order valence-electron chi connectivity index (χ3n) is 4.05. The molecule has 0 radical (unpaired) electrons. The molecule has 6 heteroatoms. The maximum absolute atomic E-state index is 12.3. The van der Waals surface area contributed by atoms with Crippen LogP contribution >= 0.6 is 31.9 Å². The molecule has 1 aromatic rings. The van der Waals surface area contributed by atoms with E-state index in [9.17, 15) is 4.79 Å². The summed E-state index contributed by atoms with van der Waals surface area (Å²) in [6, 6.07) is 7.81. The molecule has 23 heavy (non-hydrogen) atoms. The first-order valence-corrected chi connectivity index (χ1v) is 9.40. The molecule has 0 saturated heterocycles. The van der Waals surface area contributed by atoms with Crippen molar-refractivity contribution in [1.82, 2.24) is 5.43 Å². The van der Waals surface area contributed by atoms with Crippen LogP contribution in [0.25, 0.3) is 0 Å². The highest BCUT2D eigenvalue weighted by Crippen LogP contribution is 2.66. The Kier molecular flexibility index (Phi) is 5.89. The van der Waals surface area contributed by atoms with Crippen LogP contribution in [0, 0.1) is 5.41 Å². The van der Waals surface area contributed by atoms with Crippen LogP contribution in [0.3, 0.4) is 0 Å². The summed E-state index contributed by atoms with van der Waals surface area (Å²) in [6.45, 7) is 6.72. The fourth-order valence-corrected chi connectivity index (χ4v) is 3.68. The number of ether oxygens (including phenoxy) is 1. The Morgan fingerprint density at radius 1 is 1.30 bits per heavy atom. The van der Waals surface area contributed by atoms with E-state index in [-0.39, 0.29) is 9.14 Å². The van der Waals surface area contributed by atoms with Crippen LogP contribution in [0.2, 0.25) is 0 Å². The predicted octanol–water partition coefficient (Wildman–Crippen LogP) is 4.60. The number of hydrogen-bond donors (Lipinski definition) is 1. The van der Waals surface area contributed by atoms with Crippen molar-refractivity contribution in [2.75, 3.05) is 6.61 Å². The number of hydrazone groups is 1. The molecule has 0 aliphatic heterocycles. The van der Waals surface area contributed by atoms with Gasteiger partial charge in [0, 0.05) is 0 Å². The molecule has 1 fully saturated rings. The third kappa shape index (κ3) is 4.15. The van der Waals surface area contributed by atoms with Crippen molar-refractivity contribution in [2.45, 2.75) is 43.3 Å². The highest BCUT2D eigenvalue weighted by atomic mass is 79.9. The van der Waals surface area contributed by atoms with Crippen molar-refractivity contribution >= 4 is 43.5 Å². The number of hydrogen-bond acceptors (Lipinski definition) is 3. The molecule has 1 aromatic carbocycles. The van der Waals surface area contributed by atoms with Crippen LogP contribution < -0.4 is 10.2 Å². The van der Waals surface area contributed by atoms with Crippen LogP contribution in [0.1, 0.15) is 45.6 Å². The molecule has 1 atom stereocenters. The van der Waals surface area contributed by atoms with Gasteiger partial charge in [-0.15, -0.1) is 0 Å². The van der Waals surface area contributed by atoms with Gasteiger partial charge in [-0.2, -0.15) is 5.10 Å². The molecule has 1 aliphatic carbocycles. The second kappa shape index (κ2) is 7.34. The van der Waals surface area contributed by atoms with Crippen molar-refractivity contribution in [3.05, 3.63) is 29.8 Å². The Bertz CT molecular complexity index is 599. The lowest BCUT2D eigenvalue weighted by atomic mass is 10.1. The molecule has 1 aliphatic rings. The molecule has 1 amide bonds. The minimum Gasteiger partial charge on any atom is -0.494 e. The van der Waals surface area contributed by atoms with Gasteiger partial charge in [0.15, 0.2) is 0 Å². The van der Waals surface area contributed by atoms with Gasteiger partial charge >= 0.3 is 0 Å². The largest absolute Gasteiger partial charge is 0.494 e. The lowest BCUT2D eigenvalue weighted by Gasteiger charge is -2.12. The zero-order valence-electron chi connectivity index (χ0n) is 13.7. The Balaban J connectivity index is 2.03. The molecule has 0 spiro atoms. The van der Waals surface area contributed by atoms with Crippen molar-refractivity contribution in [3.8, 4) is 5.75 Å². The minimum absolute atomic E-state index is 0.0832. The van der Waals surface area contributed by atoms with E-state index >= 15 is 0 Å². The fraction of sp³-hybridized carbons (Fsp3) is 0.529. The standard InChI is InChI=1S/C17H22Br2N2O2/c1-4-10-23-13-8-6-12(7-9-13)14(5-2)20-21-15(22)16(3)11-17(16,18)19/h6-9H,4-5,10-11H2,1-3H3,(H,21,22)/t16-/m0/s1. The summed E-state index contributed by atoms with van der Waals surface area (Å²) in [4.78, 5) is 12.3. The second-order valence-corrected chi connectivity index (χ2v) is 9.71. The quantitative estimate of drug-likeness (QED) is 0.378. The van der Waals surface area contributed by atoms with Gasteiger partial charge in [-0.1, -0.05) is 45.7 Å². The van der Waals surface area contributed by atoms with Crippen LogP contribution in [-0.2, 0) is 4.79 Å². The summed E-state index contributed by atoms with van der Waals surface area (Å²) in [5.41, 5.74) is 4.07. The monoisotopic (exact) mass is 444 g/mol. The zero-order chi connectivity index (χ0) is 17.1. The lowest BCUT2D eigenvalue weighted by Crippen LogP contribution is -2.30. The van der Waals surface area contributed by atoms with E-state index in [4.69, 9.17) is 4.74 Å². The first-order chi connectivity index (χ1) is 10.8. The SMILES string of the molecule is CCCOc1ccc(C(CC)=NNC(=O)[C@]2(C)CC2(Br)Br)cc1. The molecule has 2 rings (SSSR count). The first-order valence-electron chi connectivity index (χ1n) is 7.82. The van der Waals surface area contributed by atoms with Crippen LogP contribution in [0.15, 0.2) is 29.4 Å². The molecule has 0 unspecified atom stereocenters. The Morgan fingerprint density at radius 3 is 2.39 bits per heavy atom. The predicted molar refractivity (Wildman–Crippen MR) is 101 cm³/mol. The van der Waals surface area contributed by atoms with Gasteiger partial charge in [-0.05, 0) is 56.0 Å². The van der Waals surface area contributed by atoms with Gasteiger partial charge < -0.3 is 4.74 Å². The molecule has 1 N–H and O–H groups in total. The number of halogens is 2. The number of carbonyl (C=O) groups excluding carboxylic acids is 1. The molecule has 0 aromatic heterocycles. The molecule has 4 nitrogen and oxygen atoms in total. The van der Waals surface area contributed by atoms with Crippen LogP contribution in [0.5, 0.6) is 5.75 Å². The van der Waals surface area contributed by atoms with Gasteiger partial charge in [-0.25, -0.2) is 5.43 Å². The average molecular weight is 446 g/mol. The number of alkyl halides is 2. The summed E-state index contributed by atoms with van der Waals surface area (Å²) in [5, 5.41) is 4.31. The fourth-order valence-electron chi connectivity index (χ4n) is 2.20. The zero-order valence-corrected chi connectivity index (χ0v) is 16.8. The van der Waals surface area contributed by atoms with E-state index in [1.54, 1.807) is 0 Å². The smallest absolute Gasteiger partial charge is 0.248 e. The first kappa shape index (κ1) is 18.5. The van der Waals surface area contributed by atoms with Gasteiger partial charge in [0.05, 0.1) is 21.0 Å². The Hall–Kier alpha value is -0.880. The van der Waals surface area contributed by atoms with Gasteiger partial charge in [0.25, 0.3) is 0 Å². The van der Waals surface area contributed by atoms with Gasteiger partial charge in [-0.3, -0.25) is 4.79 Å². The molecule has 1 saturated carbocycles. The average Bonchev–Trinajstić information content (AvgIpc) is 3.06. The highest BCUT2D eigenvalue weighted by molar-refractivity contribution is 9.25. The Labute approximate surface area is 154 Å². The molecular formula is C17H22Br2N2O2. The summed E-state index contributed by atoms with van der Waals surface area (Å²) in [7, 11) is 0.